The van der Waals surface area contributed by atoms with E-state index >= 15 is 0 Å². The third-order valence-electron chi connectivity index (χ3n) is 1.83. The lowest BCUT2D eigenvalue weighted by atomic mass is 10.2. The number of alkyl halides is 3. The van der Waals surface area contributed by atoms with Gasteiger partial charge in [-0.05, 0) is 40.8 Å². The average molecular weight is 341 g/mol. The summed E-state index contributed by atoms with van der Waals surface area (Å²) in [6, 6.07) is 4.34. The number of nitrogens with zero attached hydrogens (tertiary/aromatic N) is 1. The van der Waals surface area contributed by atoms with Gasteiger partial charge >= 0.3 is 17.7 Å². The Bertz CT molecular complexity index is 606. The van der Waals surface area contributed by atoms with Gasteiger partial charge < -0.3 is 4.42 Å². The van der Waals surface area contributed by atoms with E-state index in [4.69, 9.17) is 0 Å². The summed E-state index contributed by atoms with van der Waals surface area (Å²) in [6.45, 7) is 0. The number of aromatic nitrogens is 1. The van der Waals surface area contributed by atoms with Crippen LogP contribution < -0.4 is 5.63 Å². The Hall–Kier alpha value is -1.12. The van der Waals surface area contributed by atoms with Crippen molar-refractivity contribution in [3.63, 3.8) is 0 Å². The van der Waals surface area contributed by atoms with E-state index < -0.39 is 17.7 Å². The first-order valence-corrected chi connectivity index (χ1v) is 5.13. The van der Waals surface area contributed by atoms with E-state index in [2.05, 4.69) is 9.40 Å². The minimum Gasteiger partial charge on any atom is -0.398 e. The molecule has 0 fully saturated rings. The van der Waals surface area contributed by atoms with Crippen molar-refractivity contribution in [1.82, 2.24) is 4.98 Å². The van der Waals surface area contributed by atoms with Gasteiger partial charge in [-0.25, -0.2) is 9.78 Å². The first-order valence-electron chi connectivity index (χ1n) is 4.05. The minimum absolute atomic E-state index is 0.0241. The first-order chi connectivity index (χ1) is 7.38. The molecule has 0 spiro atoms. The van der Waals surface area contributed by atoms with Crippen LogP contribution in [0.5, 0.6) is 0 Å². The van der Waals surface area contributed by atoms with Crippen LogP contribution in [0.2, 0.25) is 0 Å². The second-order valence-corrected chi connectivity index (χ2v) is 4.21. The van der Waals surface area contributed by atoms with Crippen molar-refractivity contribution in [3.05, 3.63) is 38.1 Å². The largest absolute Gasteiger partial charge is 0.469 e. The van der Waals surface area contributed by atoms with Gasteiger partial charge in [0.05, 0.1) is 10.9 Å². The van der Waals surface area contributed by atoms with Crippen LogP contribution in [0.4, 0.5) is 13.2 Å². The van der Waals surface area contributed by atoms with Gasteiger partial charge in [-0.2, -0.15) is 13.2 Å². The van der Waals surface area contributed by atoms with Gasteiger partial charge in [0.1, 0.15) is 0 Å². The third-order valence-corrected chi connectivity index (χ3v) is 2.50. The molecule has 0 saturated heterocycles. The number of rotatable bonds is 0. The second-order valence-electron chi connectivity index (χ2n) is 2.97. The van der Waals surface area contributed by atoms with E-state index in [1.54, 1.807) is 6.07 Å². The molecule has 0 aliphatic heterocycles. The van der Waals surface area contributed by atoms with E-state index in [-0.39, 0.29) is 10.9 Å². The Morgan fingerprint density at radius 2 is 2.00 bits per heavy atom. The highest BCUT2D eigenvalue weighted by Gasteiger charge is 2.37. The molecule has 1 aromatic carbocycles. The number of hydrogen-bond acceptors (Lipinski definition) is 3. The molecule has 0 atom stereocenters. The maximum Gasteiger partial charge on any atom is 0.469 e. The van der Waals surface area contributed by atoms with Crippen molar-refractivity contribution in [2.24, 2.45) is 0 Å². The summed E-state index contributed by atoms with van der Waals surface area (Å²) in [7, 11) is 0. The zero-order chi connectivity index (χ0) is 11.9. The normalized spacial score (nSPS) is 12.0. The molecule has 1 aromatic heterocycles. The standard InChI is InChI=1S/C9H3F3INO2/c10-9(11,12)8-14-6-2-1-4(13)3-5(6)7(15)16-8/h1-3H. The highest BCUT2D eigenvalue weighted by atomic mass is 127. The molecule has 7 heteroatoms. The van der Waals surface area contributed by atoms with Crippen LogP contribution in [0.1, 0.15) is 5.89 Å². The van der Waals surface area contributed by atoms with E-state index in [1.807, 2.05) is 22.6 Å². The monoisotopic (exact) mass is 341 g/mol. The number of fused-ring (bicyclic) bond motifs is 1. The molecule has 0 amide bonds. The molecule has 1 heterocycles. The van der Waals surface area contributed by atoms with Crippen LogP contribution in [0.3, 0.4) is 0 Å². The van der Waals surface area contributed by atoms with E-state index in [0.29, 0.717) is 0 Å². The van der Waals surface area contributed by atoms with Crippen LogP contribution in [0.25, 0.3) is 10.9 Å². The van der Waals surface area contributed by atoms with Gasteiger partial charge in [-0.15, -0.1) is 0 Å². The van der Waals surface area contributed by atoms with Crippen molar-refractivity contribution in [2.75, 3.05) is 0 Å². The molecular weight excluding hydrogens is 338 g/mol. The van der Waals surface area contributed by atoms with E-state index in [1.165, 1.54) is 12.1 Å². The third kappa shape index (κ3) is 2.04. The molecule has 0 aliphatic carbocycles. The van der Waals surface area contributed by atoms with Gasteiger partial charge in [-0.3, -0.25) is 0 Å². The molecule has 0 bridgehead atoms. The highest BCUT2D eigenvalue weighted by Crippen LogP contribution is 2.27. The Balaban J connectivity index is 2.79. The Morgan fingerprint density at radius 1 is 1.31 bits per heavy atom. The first kappa shape index (κ1) is 11.4. The van der Waals surface area contributed by atoms with Gasteiger partial charge in [0.25, 0.3) is 0 Å². The van der Waals surface area contributed by atoms with E-state index in [0.717, 1.165) is 3.57 Å². The molecular formula is C9H3F3INO2. The number of hydrogen-bond donors (Lipinski definition) is 0. The fraction of sp³-hybridized carbons (Fsp3) is 0.111. The Kier molecular flexibility index (Phi) is 2.64. The lowest BCUT2D eigenvalue weighted by Crippen LogP contribution is -2.13. The summed E-state index contributed by atoms with van der Waals surface area (Å²) in [6.07, 6.45) is -4.75. The highest BCUT2D eigenvalue weighted by molar-refractivity contribution is 14.1. The smallest absolute Gasteiger partial charge is 0.398 e. The maximum atomic E-state index is 12.3. The summed E-state index contributed by atoms with van der Waals surface area (Å²) in [5.74, 6) is -1.52. The maximum absolute atomic E-state index is 12.3. The van der Waals surface area contributed by atoms with E-state index in [9.17, 15) is 18.0 Å². The predicted molar refractivity (Wildman–Crippen MR) is 58.0 cm³/mol. The molecule has 84 valence electrons. The lowest BCUT2D eigenvalue weighted by Gasteiger charge is -2.04. The van der Waals surface area contributed by atoms with Crippen molar-refractivity contribution >= 4 is 33.5 Å². The second kappa shape index (κ2) is 3.72. The average Bonchev–Trinajstić information content (AvgIpc) is 2.17. The topological polar surface area (TPSA) is 43.1 Å². The van der Waals surface area contributed by atoms with Gasteiger partial charge in [-0.1, -0.05) is 0 Å². The zero-order valence-corrected chi connectivity index (χ0v) is 9.67. The fourth-order valence-corrected chi connectivity index (χ4v) is 1.66. The molecule has 0 aliphatic rings. The minimum atomic E-state index is -4.75. The molecule has 3 nitrogen and oxygen atoms in total. The summed E-state index contributed by atoms with van der Waals surface area (Å²) in [5.41, 5.74) is -1.06. The van der Waals surface area contributed by atoms with Crippen molar-refractivity contribution in [1.29, 1.82) is 0 Å². The molecule has 2 aromatic rings. The van der Waals surface area contributed by atoms with Gasteiger partial charge in [0.15, 0.2) is 0 Å². The summed E-state index contributed by atoms with van der Waals surface area (Å²) in [5, 5.41) is 0.0416. The fourth-order valence-electron chi connectivity index (χ4n) is 1.17. The SMILES string of the molecule is O=c1oc(C(F)(F)F)nc2ccc(I)cc12. The van der Waals surface area contributed by atoms with Crippen LogP contribution in [-0.2, 0) is 6.18 Å². The van der Waals surface area contributed by atoms with Crippen molar-refractivity contribution < 1.29 is 17.6 Å². The molecule has 2 rings (SSSR count). The van der Waals surface area contributed by atoms with Gasteiger partial charge in [0.2, 0.25) is 0 Å². The summed E-state index contributed by atoms with van der Waals surface area (Å²) in [4.78, 5) is 14.5. The van der Waals surface area contributed by atoms with Crippen LogP contribution in [0.15, 0.2) is 27.4 Å². The van der Waals surface area contributed by atoms with Crippen molar-refractivity contribution in [3.8, 4) is 0 Å². The predicted octanol–water partition coefficient (Wildman–Crippen LogP) is 2.81. The Morgan fingerprint density at radius 3 is 2.62 bits per heavy atom. The molecule has 16 heavy (non-hydrogen) atoms. The van der Waals surface area contributed by atoms with Crippen LogP contribution >= 0.6 is 22.6 Å². The van der Waals surface area contributed by atoms with Gasteiger partial charge in [0, 0.05) is 3.57 Å². The van der Waals surface area contributed by atoms with Crippen molar-refractivity contribution in [2.45, 2.75) is 6.18 Å². The van der Waals surface area contributed by atoms with Crippen LogP contribution in [-0.4, -0.2) is 4.98 Å². The zero-order valence-electron chi connectivity index (χ0n) is 7.51. The molecule has 0 radical (unpaired) electrons. The summed E-state index contributed by atoms with van der Waals surface area (Å²) >= 11 is 1.94. The quantitative estimate of drug-likeness (QED) is 0.692. The summed E-state index contributed by atoms with van der Waals surface area (Å²) < 4.78 is 41.7. The number of benzene rings is 1. The molecule has 0 saturated carbocycles. The Labute approximate surface area is 100 Å². The lowest BCUT2D eigenvalue weighted by molar-refractivity contribution is -0.158. The number of halogens is 4. The molecule has 0 unspecified atom stereocenters. The molecule has 0 N–H and O–H groups in total. The van der Waals surface area contributed by atoms with Crippen LogP contribution in [0, 0.1) is 3.57 Å².